The molecule has 1 aliphatic carbocycles. The van der Waals surface area contributed by atoms with E-state index in [2.05, 4.69) is 78.3 Å². The summed E-state index contributed by atoms with van der Waals surface area (Å²) in [7, 11) is -10.7. The summed E-state index contributed by atoms with van der Waals surface area (Å²) in [4.78, 5) is 54.3. The van der Waals surface area contributed by atoms with Gasteiger partial charge in [-0.2, -0.15) is 0 Å². The highest BCUT2D eigenvalue weighted by atomic mass is 31.2. The Morgan fingerprint density at radius 1 is 0.529 bits per heavy atom. The molecule has 0 heterocycles. The summed E-state index contributed by atoms with van der Waals surface area (Å²) in [6.07, 6.45) is 31.0. The number of carbonyl (C=O) groups excluding carboxylic acids is 2. The van der Waals surface area contributed by atoms with Crippen molar-refractivity contribution >= 4 is 27.6 Å². The molecule has 0 aromatic heterocycles. The third-order valence-electron chi connectivity index (χ3n) is 10.5. The van der Waals surface area contributed by atoms with Gasteiger partial charge in [-0.05, 0) is 103 Å². The highest BCUT2D eigenvalue weighted by molar-refractivity contribution is 7.47. The highest BCUT2D eigenvalue weighted by Gasteiger charge is 2.54. The van der Waals surface area contributed by atoms with Crippen LogP contribution in [0.2, 0.25) is 0 Å². The maximum Gasteiger partial charge on any atom is 0.472 e. The molecule has 0 aromatic rings. The van der Waals surface area contributed by atoms with Crippen LogP contribution in [0.5, 0.6) is 0 Å². The topological polar surface area (TPSA) is 276 Å². The van der Waals surface area contributed by atoms with E-state index in [0.717, 1.165) is 83.5 Å². The first-order valence-electron chi connectivity index (χ1n) is 24.2. The van der Waals surface area contributed by atoms with Crippen LogP contribution < -0.4 is 0 Å². The monoisotopic (exact) mass is 1000 g/mol. The van der Waals surface area contributed by atoms with Crippen LogP contribution in [0.25, 0.3) is 0 Å². The van der Waals surface area contributed by atoms with Crippen molar-refractivity contribution in [1.29, 1.82) is 0 Å². The maximum absolute atomic E-state index is 13.0. The van der Waals surface area contributed by atoms with Crippen LogP contribution in [-0.4, -0.2) is 114 Å². The van der Waals surface area contributed by atoms with Crippen LogP contribution in [0.3, 0.4) is 0 Å². The third kappa shape index (κ3) is 33.6. The Morgan fingerprint density at radius 3 is 1.47 bits per heavy atom. The summed E-state index contributed by atoms with van der Waals surface area (Å²) in [5, 5.41) is 50.5. The average Bonchev–Trinajstić information content (AvgIpc) is 3.28. The van der Waals surface area contributed by atoms with E-state index in [1.54, 1.807) is 6.92 Å². The molecule has 5 unspecified atom stereocenters. The summed E-state index contributed by atoms with van der Waals surface area (Å²) in [5.41, 5.74) is 0. The van der Waals surface area contributed by atoms with Gasteiger partial charge in [0.05, 0.1) is 12.7 Å². The number of rotatable bonds is 39. The van der Waals surface area contributed by atoms with Crippen molar-refractivity contribution in [3.05, 3.63) is 85.1 Å². The van der Waals surface area contributed by atoms with Crippen LogP contribution in [-0.2, 0) is 41.8 Å². The van der Waals surface area contributed by atoms with E-state index in [0.29, 0.717) is 19.3 Å². The third-order valence-corrected chi connectivity index (χ3v) is 12.0. The number of carbonyl (C=O) groups is 2. The Morgan fingerprint density at radius 2 is 0.971 bits per heavy atom. The van der Waals surface area contributed by atoms with Crippen LogP contribution in [0.4, 0.5) is 0 Å². The first-order chi connectivity index (χ1) is 32.5. The fourth-order valence-electron chi connectivity index (χ4n) is 6.69. The molecule has 0 amide bonds. The van der Waals surface area contributed by atoms with Crippen molar-refractivity contribution in [3.8, 4) is 0 Å². The molecule has 0 spiro atoms. The zero-order valence-electron chi connectivity index (χ0n) is 40.1. The van der Waals surface area contributed by atoms with Crippen LogP contribution >= 0.6 is 15.6 Å². The van der Waals surface area contributed by atoms with Gasteiger partial charge in [0.1, 0.15) is 43.2 Å². The minimum atomic E-state index is -5.38. The van der Waals surface area contributed by atoms with Gasteiger partial charge in [-0.3, -0.25) is 23.2 Å². The molecule has 0 aromatic carbocycles. The number of phosphoric acid groups is 2. The Bertz CT molecular complexity index is 1650. The van der Waals surface area contributed by atoms with E-state index in [1.165, 1.54) is 19.3 Å². The molecule has 1 rings (SSSR count). The fraction of sp³-hybridized carbons (Fsp3) is 0.673. The molecule has 0 aliphatic heterocycles. The number of unbranched alkanes of at least 4 members (excludes halogenated alkanes) is 9. The van der Waals surface area contributed by atoms with Gasteiger partial charge in [0, 0.05) is 12.8 Å². The maximum atomic E-state index is 13.0. The number of hydrogen-bond acceptors (Lipinski definition) is 14. The lowest BCUT2D eigenvalue weighted by molar-refractivity contribution is -0.216. The van der Waals surface area contributed by atoms with Gasteiger partial charge in [0.15, 0.2) is 6.10 Å². The lowest BCUT2D eigenvalue weighted by atomic mass is 9.85. The van der Waals surface area contributed by atoms with Crippen molar-refractivity contribution < 1.29 is 82.0 Å². The first kappa shape index (κ1) is 63.2. The summed E-state index contributed by atoms with van der Waals surface area (Å²) >= 11 is 0. The number of aliphatic hydroxyl groups excluding tert-OH is 5. The van der Waals surface area contributed by atoms with Gasteiger partial charge >= 0.3 is 27.6 Å². The molecular weight excluding hydrogens is 922 g/mol. The molecule has 68 heavy (non-hydrogen) atoms. The predicted molar refractivity (Wildman–Crippen MR) is 261 cm³/mol. The lowest BCUT2D eigenvalue weighted by Crippen LogP contribution is -2.64. The number of phosphoric ester groups is 2. The molecule has 0 radical (unpaired) electrons. The van der Waals surface area contributed by atoms with Crippen LogP contribution in [0.15, 0.2) is 85.1 Å². The van der Waals surface area contributed by atoms with Crippen molar-refractivity contribution in [3.63, 3.8) is 0 Å². The second-order valence-corrected chi connectivity index (χ2v) is 19.3. The number of ether oxygens (including phenoxy) is 2. The van der Waals surface area contributed by atoms with E-state index >= 15 is 0 Å². The smallest absolute Gasteiger partial charge is 0.462 e. The predicted octanol–water partition coefficient (Wildman–Crippen LogP) is 8.36. The van der Waals surface area contributed by atoms with Gasteiger partial charge in [0.25, 0.3) is 0 Å². The minimum Gasteiger partial charge on any atom is -0.462 e. The Kier molecular flexibility index (Phi) is 36.1. The second kappa shape index (κ2) is 38.8. The van der Waals surface area contributed by atoms with Crippen molar-refractivity contribution in [2.24, 2.45) is 0 Å². The zero-order chi connectivity index (χ0) is 50.5. The van der Waals surface area contributed by atoms with Crippen molar-refractivity contribution in [2.75, 3.05) is 13.2 Å². The van der Waals surface area contributed by atoms with E-state index in [-0.39, 0.29) is 18.9 Å². The van der Waals surface area contributed by atoms with Gasteiger partial charge in [-0.15, -0.1) is 0 Å². The molecule has 1 aliphatic rings. The quantitative estimate of drug-likeness (QED) is 0.0124. The molecule has 1 fully saturated rings. The van der Waals surface area contributed by atoms with Gasteiger partial charge in [0.2, 0.25) is 0 Å². The van der Waals surface area contributed by atoms with Crippen LogP contribution in [0.1, 0.15) is 149 Å². The van der Waals surface area contributed by atoms with Crippen LogP contribution in [0, 0.1) is 0 Å². The normalized spacial score (nSPS) is 22.4. The molecule has 17 nitrogen and oxygen atoms in total. The average molecular weight is 1010 g/mol. The highest BCUT2D eigenvalue weighted by Crippen LogP contribution is 2.49. The summed E-state index contributed by atoms with van der Waals surface area (Å²) < 4.78 is 49.3. The molecule has 19 heteroatoms. The van der Waals surface area contributed by atoms with E-state index in [9.17, 15) is 58.9 Å². The molecule has 1 saturated carbocycles. The van der Waals surface area contributed by atoms with E-state index in [1.807, 2.05) is 18.2 Å². The number of aliphatic hydroxyl groups is 5. The van der Waals surface area contributed by atoms with Crippen molar-refractivity contribution in [1.82, 2.24) is 0 Å². The van der Waals surface area contributed by atoms with E-state index in [4.69, 9.17) is 18.5 Å². The zero-order valence-corrected chi connectivity index (χ0v) is 41.9. The molecule has 390 valence electrons. The van der Waals surface area contributed by atoms with E-state index < -0.39 is 83.5 Å². The summed E-state index contributed by atoms with van der Waals surface area (Å²) in [5.74, 6) is -1.32. The minimum absolute atomic E-state index is 0.00428. The molecule has 0 saturated heterocycles. The molecular formula is C49H82O17P2. The number of esters is 2. The summed E-state index contributed by atoms with van der Waals surface area (Å²) in [6, 6.07) is 0. The van der Waals surface area contributed by atoms with Gasteiger partial charge in [-0.25, -0.2) is 9.13 Å². The molecule has 9 atom stereocenters. The lowest BCUT2D eigenvalue weighted by Gasteiger charge is -2.43. The largest absolute Gasteiger partial charge is 0.472 e. The SMILES string of the molecule is CCCCC/C=C\C/C=C\C/C=C\CCCCCCC(=O)O[C@H](COC(=O)CCC/C=C\C/C=C\C/C=C\C/C=C\CCC[C@@H](C)O)COP(=O)(O)O[C@H]1C(O)C(O)C(O)[C@@H](OP(=O)(O)O)C1O. The number of allylic oxidation sites excluding steroid dienone is 14. The second-order valence-electron chi connectivity index (χ2n) is 16.8. The standard InChI is InChI=1S/C49H82O17P2/c1-3-4-5-6-7-8-9-10-11-12-15-19-22-25-28-31-34-37-43(52)64-41(39-63-68(60,61)66-49-46(55)44(53)45(54)48(47(49)56)65-67(57,58)59)38-62-42(51)36-33-30-27-24-21-18-16-13-14-17-20-23-26-29-32-35-40(2)50/h7-8,10-11,14-19,23-24,26-27,40-41,44-50,53-56H,3-6,9,12-13,20-22,25,28-39H2,1-2H3,(H,60,61)(H2,57,58,59)/b8-7-,11-10-,17-14-,18-16-,19-15-,26-23-,27-24-/t40-,41-,44?,45?,46?,47?,48-,49+/m1/s1. The van der Waals surface area contributed by atoms with Gasteiger partial charge in [-0.1, -0.05) is 118 Å². The Balaban J connectivity index is 2.64. The van der Waals surface area contributed by atoms with Gasteiger partial charge < -0.3 is 49.7 Å². The summed E-state index contributed by atoms with van der Waals surface area (Å²) in [6.45, 7) is 2.56. The fourth-order valence-corrected chi connectivity index (χ4v) is 8.23. The van der Waals surface area contributed by atoms with Crippen molar-refractivity contribution in [2.45, 2.75) is 198 Å². The Hall–Kier alpha value is -2.86. The molecule has 8 N–H and O–H groups in total. The number of hydrogen-bond donors (Lipinski definition) is 8. The molecule has 0 bridgehead atoms. The first-order valence-corrected chi connectivity index (χ1v) is 27.2. The Labute approximate surface area is 404 Å².